The highest BCUT2D eigenvalue weighted by atomic mass is 15.4. The molecule has 1 fully saturated rings. The third kappa shape index (κ3) is 2.26. The lowest BCUT2D eigenvalue weighted by Gasteiger charge is -2.12. The van der Waals surface area contributed by atoms with E-state index in [0.717, 1.165) is 41.6 Å². The molecule has 106 valence electrons. The van der Waals surface area contributed by atoms with Gasteiger partial charge in [-0.15, -0.1) is 5.10 Å². The summed E-state index contributed by atoms with van der Waals surface area (Å²) in [6.45, 7) is 5.03. The van der Waals surface area contributed by atoms with Crippen LogP contribution in [0.3, 0.4) is 0 Å². The lowest BCUT2D eigenvalue weighted by Crippen LogP contribution is -2.08. The molecule has 20 heavy (non-hydrogen) atoms. The fraction of sp³-hybridized carbons (Fsp3) is 0.571. The molecule has 1 aliphatic rings. The Labute approximate surface area is 118 Å². The molecule has 3 rings (SSSR count). The van der Waals surface area contributed by atoms with Gasteiger partial charge in [-0.2, -0.15) is 0 Å². The second-order valence-electron chi connectivity index (χ2n) is 5.27. The lowest BCUT2D eigenvalue weighted by atomic mass is 10.1. The van der Waals surface area contributed by atoms with E-state index in [-0.39, 0.29) is 0 Å². The number of nitrogens with one attached hydrogen (secondary N) is 1. The molecule has 1 N–H and O–H groups in total. The predicted octanol–water partition coefficient (Wildman–Crippen LogP) is 2.37. The van der Waals surface area contributed by atoms with Crippen molar-refractivity contribution in [1.29, 1.82) is 0 Å². The van der Waals surface area contributed by atoms with Crippen LogP contribution >= 0.6 is 0 Å². The highest BCUT2D eigenvalue weighted by molar-refractivity contribution is 5.65. The summed E-state index contributed by atoms with van der Waals surface area (Å²) < 4.78 is 1.92. The Bertz CT molecular complexity index is 614. The molecular weight excluding hydrogens is 252 g/mol. The molecular formula is C14H20N6. The molecule has 2 heterocycles. The first-order valence-electron chi connectivity index (χ1n) is 7.19. The Morgan fingerprint density at radius 3 is 2.80 bits per heavy atom. The van der Waals surface area contributed by atoms with Crippen LogP contribution in [0.5, 0.6) is 0 Å². The smallest absolute Gasteiger partial charge is 0.134 e. The normalized spacial score (nSPS) is 14.6. The van der Waals surface area contributed by atoms with Crippen molar-refractivity contribution >= 4 is 5.82 Å². The van der Waals surface area contributed by atoms with E-state index in [2.05, 4.69) is 27.5 Å². The van der Waals surface area contributed by atoms with Crippen molar-refractivity contribution in [2.24, 2.45) is 0 Å². The minimum absolute atomic E-state index is 0.525. The molecule has 0 radical (unpaired) electrons. The summed E-state index contributed by atoms with van der Waals surface area (Å²) in [6, 6.07) is 0. The molecule has 0 atom stereocenters. The van der Waals surface area contributed by atoms with E-state index >= 15 is 0 Å². The van der Waals surface area contributed by atoms with Crippen molar-refractivity contribution in [3.05, 3.63) is 17.6 Å². The third-order valence-electron chi connectivity index (χ3n) is 3.64. The molecule has 1 saturated carbocycles. The van der Waals surface area contributed by atoms with Crippen molar-refractivity contribution in [1.82, 2.24) is 25.0 Å². The van der Waals surface area contributed by atoms with Crippen LogP contribution in [0, 0.1) is 6.92 Å². The molecule has 1 aliphatic carbocycles. The molecule has 0 bridgehead atoms. The maximum atomic E-state index is 4.78. The maximum Gasteiger partial charge on any atom is 0.134 e. The van der Waals surface area contributed by atoms with Gasteiger partial charge in [-0.25, -0.2) is 14.6 Å². The van der Waals surface area contributed by atoms with E-state index < -0.39 is 0 Å². The average Bonchev–Trinajstić information content (AvgIpc) is 3.20. The summed E-state index contributed by atoms with van der Waals surface area (Å²) in [7, 11) is 1.90. The zero-order valence-corrected chi connectivity index (χ0v) is 12.2. The van der Waals surface area contributed by atoms with E-state index in [0.29, 0.717) is 5.92 Å². The number of aryl methyl sites for hydroxylation is 1. The SMILES string of the molecule is CCCn1nncc1-c1nc(C2CC2)nc(NC)c1C. The molecule has 0 spiro atoms. The number of rotatable bonds is 5. The highest BCUT2D eigenvalue weighted by Crippen LogP contribution is 2.40. The van der Waals surface area contributed by atoms with Gasteiger partial charge in [0.05, 0.1) is 11.9 Å². The monoisotopic (exact) mass is 272 g/mol. The van der Waals surface area contributed by atoms with Crippen LogP contribution in [0.25, 0.3) is 11.4 Å². The standard InChI is InChI=1S/C14H20N6/c1-4-7-20-11(8-16-19-20)12-9(2)13(15-3)18-14(17-12)10-5-6-10/h8,10H,4-7H2,1-3H3,(H,15,17,18). The quantitative estimate of drug-likeness (QED) is 0.905. The van der Waals surface area contributed by atoms with Crippen LogP contribution in [0.1, 0.15) is 43.5 Å². The summed E-state index contributed by atoms with van der Waals surface area (Å²) in [4.78, 5) is 9.40. The fourth-order valence-corrected chi connectivity index (χ4v) is 2.37. The number of aromatic nitrogens is 5. The predicted molar refractivity (Wildman–Crippen MR) is 77.6 cm³/mol. The van der Waals surface area contributed by atoms with Gasteiger partial charge in [0.25, 0.3) is 0 Å². The maximum absolute atomic E-state index is 4.78. The largest absolute Gasteiger partial charge is 0.373 e. The zero-order valence-electron chi connectivity index (χ0n) is 12.2. The molecule has 6 nitrogen and oxygen atoms in total. The minimum Gasteiger partial charge on any atom is -0.373 e. The third-order valence-corrected chi connectivity index (χ3v) is 3.64. The Morgan fingerprint density at radius 2 is 2.15 bits per heavy atom. The van der Waals surface area contributed by atoms with E-state index in [9.17, 15) is 0 Å². The molecule has 2 aromatic heterocycles. The van der Waals surface area contributed by atoms with Gasteiger partial charge < -0.3 is 5.32 Å². The van der Waals surface area contributed by atoms with Gasteiger partial charge in [0.15, 0.2) is 0 Å². The first-order chi connectivity index (χ1) is 9.74. The van der Waals surface area contributed by atoms with E-state index in [1.165, 1.54) is 12.8 Å². The van der Waals surface area contributed by atoms with Gasteiger partial charge in [-0.3, -0.25) is 0 Å². The van der Waals surface area contributed by atoms with E-state index in [4.69, 9.17) is 4.98 Å². The van der Waals surface area contributed by atoms with Crippen LogP contribution in [-0.2, 0) is 6.54 Å². The first kappa shape index (κ1) is 13.0. The second-order valence-corrected chi connectivity index (χ2v) is 5.27. The van der Waals surface area contributed by atoms with E-state index in [1.54, 1.807) is 6.20 Å². The van der Waals surface area contributed by atoms with Crippen molar-refractivity contribution in [2.75, 3.05) is 12.4 Å². The van der Waals surface area contributed by atoms with E-state index in [1.807, 2.05) is 18.7 Å². The van der Waals surface area contributed by atoms with Gasteiger partial charge in [-0.05, 0) is 26.2 Å². The number of hydrogen-bond donors (Lipinski definition) is 1. The molecule has 2 aromatic rings. The van der Waals surface area contributed by atoms with Gasteiger partial charge >= 0.3 is 0 Å². The van der Waals surface area contributed by atoms with Crippen LogP contribution in [-0.4, -0.2) is 32.0 Å². The second kappa shape index (κ2) is 5.19. The summed E-state index contributed by atoms with van der Waals surface area (Å²) in [5.74, 6) is 2.37. The minimum atomic E-state index is 0.525. The molecule has 0 saturated heterocycles. The average molecular weight is 272 g/mol. The first-order valence-corrected chi connectivity index (χ1v) is 7.19. The molecule has 0 aliphatic heterocycles. The number of anilines is 1. The molecule has 0 amide bonds. The summed E-state index contributed by atoms with van der Waals surface area (Å²) >= 11 is 0. The van der Waals surface area contributed by atoms with Crippen molar-refractivity contribution in [2.45, 2.75) is 45.6 Å². The summed E-state index contributed by atoms with van der Waals surface area (Å²) in [5, 5.41) is 11.4. The van der Waals surface area contributed by atoms with Crippen LogP contribution in [0.2, 0.25) is 0 Å². The molecule has 0 unspecified atom stereocenters. The molecule has 0 aromatic carbocycles. The Kier molecular flexibility index (Phi) is 3.38. The van der Waals surface area contributed by atoms with Gasteiger partial charge in [0.1, 0.15) is 17.3 Å². The van der Waals surface area contributed by atoms with Crippen molar-refractivity contribution in [3.8, 4) is 11.4 Å². The highest BCUT2D eigenvalue weighted by Gasteiger charge is 2.28. The van der Waals surface area contributed by atoms with Crippen molar-refractivity contribution in [3.63, 3.8) is 0 Å². The molecule has 6 heteroatoms. The Hall–Kier alpha value is -1.98. The topological polar surface area (TPSA) is 68.5 Å². The fourth-order valence-electron chi connectivity index (χ4n) is 2.37. The van der Waals surface area contributed by atoms with Gasteiger partial charge in [0, 0.05) is 25.1 Å². The Morgan fingerprint density at radius 1 is 1.35 bits per heavy atom. The summed E-state index contributed by atoms with van der Waals surface area (Å²) in [5.41, 5.74) is 2.98. The number of hydrogen-bond acceptors (Lipinski definition) is 5. The Balaban J connectivity index is 2.11. The van der Waals surface area contributed by atoms with Crippen molar-refractivity contribution < 1.29 is 0 Å². The zero-order chi connectivity index (χ0) is 14.1. The van der Waals surface area contributed by atoms with Crippen LogP contribution < -0.4 is 5.32 Å². The van der Waals surface area contributed by atoms with Crippen LogP contribution in [0.4, 0.5) is 5.82 Å². The van der Waals surface area contributed by atoms with Crippen LogP contribution in [0.15, 0.2) is 6.20 Å². The van der Waals surface area contributed by atoms with Gasteiger partial charge in [-0.1, -0.05) is 12.1 Å². The van der Waals surface area contributed by atoms with Gasteiger partial charge in [0.2, 0.25) is 0 Å². The summed E-state index contributed by atoms with van der Waals surface area (Å²) in [6.07, 6.45) is 5.20. The number of nitrogens with zero attached hydrogens (tertiary/aromatic N) is 5. The lowest BCUT2D eigenvalue weighted by molar-refractivity contribution is 0.583.